The van der Waals surface area contributed by atoms with E-state index < -0.39 is 0 Å². The van der Waals surface area contributed by atoms with E-state index in [9.17, 15) is 0 Å². The minimum absolute atomic E-state index is 0.222. The molecule has 0 spiro atoms. The second kappa shape index (κ2) is 2.63. The monoisotopic (exact) mass is 173 g/mol. The average Bonchev–Trinajstić information content (AvgIpc) is 2.45. The molecule has 0 aliphatic heterocycles. The van der Waals surface area contributed by atoms with Crippen LogP contribution in [0.3, 0.4) is 0 Å². The van der Waals surface area contributed by atoms with Gasteiger partial charge in [0.1, 0.15) is 0 Å². The number of aromatic amines is 1. The molecule has 1 heteroatoms. The molecule has 1 aromatic heterocycles. The largest absolute Gasteiger partial charge is 0.361 e. The van der Waals surface area contributed by atoms with Crippen LogP contribution in [0.5, 0.6) is 0 Å². The molecule has 0 aliphatic rings. The second-order valence-corrected chi connectivity index (χ2v) is 4.50. The van der Waals surface area contributed by atoms with E-state index in [4.69, 9.17) is 0 Å². The molecule has 1 nitrogen and oxygen atoms in total. The summed E-state index contributed by atoms with van der Waals surface area (Å²) >= 11 is 0. The van der Waals surface area contributed by atoms with Crippen LogP contribution >= 0.6 is 0 Å². The number of para-hydroxylation sites is 1. The third-order valence-corrected chi connectivity index (χ3v) is 2.40. The second-order valence-electron chi connectivity index (χ2n) is 4.50. The van der Waals surface area contributed by atoms with E-state index in [1.54, 1.807) is 0 Å². The van der Waals surface area contributed by atoms with Crippen molar-refractivity contribution in [2.45, 2.75) is 26.2 Å². The van der Waals surface area contributed by atoms with Gasteiger partial charge in [-0.3, -0.25) is 0 Å². The van der Waals surface area contributed by atoms with Crippen LogP contribution in [0.4, 0.5) is 0 Å². The van der Waals surface area contributed by atoms with E-state index in [2.05, 4.69) is 56.2 Å². The van der Waals surface area contributed by atoms with E-state index in [0.717, 1.165) is 0 Å². The SMILES string of the molecule is CC(C)(C)c1c[nH]c2ccccc12. The third kappa shape index (κ3) is 1.35. The number of fused-ring (bicyclic) bond motifs is 1. The van der Waals surface area contributed by atoms with Crippen LogP contribution in [0.1, 0.15) is 26.3 Å². The molecule has 0 saturated carbocycles. The van der Waals surface area contributed by atoms with Crippen molar-refractivity contribution in [2.24, 2.45) is 0 Å². The molecule has 68 valence electrons. The highest BCUT2D eigenvalue weighted by Gasteiger charge is 2.17. The summed E-state index contributed by atoms with van der Waals surface area (Å²) < 4.78 is 0. The van der Waals surface area contributed by atoms with Crippen LogP contribution < -0.4 is 0 Å². The van der Waals surface area contributed by atoms with Crippen molar-refractivity contribution < 1.29 is 0 Å². The summed E-state index contributed by atoms with van der Waals surface area (Å²) in [5.41, 5.74) is 2.84. The fourth-order valence-electron chi connectivity index (χ4n) is 1.69. The van der Waals surface area contributed by atoms with Gasteiger partial charge in [0.25, 0.3) is 0 Å². The zero-order valence-corrected chi connectivity index (χ0v) is 8.39. The van der Waals surface area contributed by atoms with E-state index in [-0.39, 0.29) is 5.41 Å². The fourth-order valence-corrected chi connectivity index (χ4v) is 1.69. The van der Waals surface area contributed by atoms with Crippen molar-refractivity contribution in [3.8, 4) is 0 Å². The standard InChI is InChI=1S/C12H15N/c1-12(2,3)10-8-13-11-7-5-4-6-9(10)11/h4-8,13H,1-3H3. The van der Waals surface area contributed by atoms with Gasteiger partial charge in [0.05, 0.1) is 0 Å². The van der Waals surface area contributed by atoms with Crippen LogP contribution in [0.25, 0.3) is 10.9 Å². The van der Waals surface area contributed by atoms with Gasteiger partial charge in [0, 0.05) is 17.1 Å². The highest BCUT2D eigenvalue weighted by Crippen LogP contribution is 2.29. The lowest BCUT2D eigenvalue weighted by Gasteiger charge is -2.17. The number of hydrogen-bond acceptors (Lipinski definition) is 0. The Labute approximate surface area is 78.8 Å². The van der Waals surface area contributed by atoms with E-state index in [1.807, 2.05) is 0 Å². The first kappa shape index (κ1) is 8.36. The number of aromatic nitrogens is 1. The van der Waals surface area contributed by atoms with Crippen LogP contribution in [-0.2, 0) is 5.41 Å². The zero-order chi connectivity index (χ0) is 9.47. The van der Waals surface area contributed by atoms with Crippen molar-refractivity contribution in [1.29, 1.82) is 0 Å². The third-order valence-electron chi connectivity index (χ3n) is 2.40. The molecule has 1 heterocycles. The van der Waals surface area contributed by atoms with Gasteiger partial charge < -0.3 is 4.98 Å². The molecular formula is C12H15N. The van der Waals surface area contributed by atoms with E-state index >= 15 is 0 Å². The molecule has 0 atom stereocenters. The maximum atomic E-state index is 3.29. The average molecular weight is 173 g/mol. The summed E-state index contributed by atoms with van der Waals surface area (Å²) in [5.74, 6) is 0. The topological polar surface area (TPSA) is 15.8 Å². The van der Waals surface area contributed by atoms with Crippen LogP contribution in [0.15, 0.2) is 30.5 Å². The highest BCUT2D eigenvalue weighted by atomic mass is 14.7. The van der Waals surface area contributed by atoms with Gasteiger partial charge in [0.15, 0.2) is 0 Å². The number of hydrogen-bond donors (Lipinski definition) is 1. The number of benzene rings is 1. The molecule has 0 unspecified atom stereocenters. The van der Waals surface area contributed by atoms with Gasteiger partial charge in [-0.25, -0.2) is 0 Å². The quantitative estimate of drug-likeness (QED) is 0.628. The summed E-state index contributed by atoms with van der Waals surface area (Å²) in [6.07, 6.45) is 2.12. The lowest BCUT2D eigenvalue weighted by molar-refractivity contribution is 0.596. The number of H-pyrrole nitrogens is 1. The highest BCUT2D eigenvalue weighted by molar-refractivity contribution is 5.84. The van der Waals surface area contributed by atoms with Gasteiger partial charge in [-0.2, -0.15) is 0 Å². The summed E-state index contributed by atoms with van der Waals surface area (Å²) in [7, 11) is 0. The van der Waals surface area contributed by atoms with Gasteiger partial charge in [0.2, 0.25) is 0 Å². The Balaban J connectivity index is 2.72. The predicted molar refractivity (Wildman–Crippen MR) is 57.0 cm³/mol. The Kier molecular flexibility index (Phi) is 1.69. The molecular weight excluding hydrogens is 158 g/mol. The van der Waals surface area contributed by atoms with Crippen LogP contribution in [-0.4, -0.2) is 4.98 Å². The fraction of sp³-hybridized carbons (Fsp3) is 0.333. The summed E-state index contributed by atoms with van der Waals surface area (Å²) in [6.45, 7) is 6.72. The summed E-state index contributed by atoms with van der Waals surface area (Å²) in [4.78, 5) is 3.29. The van der Waals surface area contributed by atoms with E-state index in [1.165, 1.54) is 16.5 Å². The van der Waals surface area contributed by atoms with E-state index in [0.29, 0.717) is 0 Å². The van der Waals surface area contributed by atoms with Gasteiger partial charge in [-0.05, 0) is 17.0 Å². The molecule has 0 amide bonds. The Morgan fingerprint density at radius 2 is 1.77 bits per heavy atom. The first-order valence-corrected chi connectivity index (χ1v) is 4.65. The molecule has 0 saturated heterocycles. The summed E-state index contributed by atoms with van der Waals surface area (Å²) in [6, 6.07) is 8.44. The van der Waals surface area contributed by atoms with Crippen LogP contribution in [0, 0.1) is 0 Å². The van der Waals surface area contributed by atoms with Gasteiger partial charge >= 0.3 is 0 Å². The van der Waals surface area contributed by atoms with Gasteiger partial charge in [-0.1, -0.05) is 39.0 Å². The molecule has 0 bridgehead atoms. The van der Waals surface area contributed by atoms with Crippen molar-refractivity contribution in [1.82, 2.24) is 4.98 Å². The van der Waals surface area contributed by atoms with Crippen molar-refractivity contribution >= 4 is 10.9 Å². The Morgan fingerprint density at radius 3 is 2.46 bits per heavy atom. The lowest BCUT2D eigenvalue weighted by atomic mass is 9.87. The molecule has 0 radical (unpaired) electrons. The summed E-state index contributed by atoms with van der Waals surface area (Å²) in [5, 5.41) is 1.34. The molecule has 1 aromatic carbocycles. The van der Waals surface area contributed by atoms with Crippen molar-refractivity contribution in [3.05, 3.63) is 36.0 Å². The maximum absolute atomic E-state index is 3.29. The molecule has 13 heavy (non-hydrogen) atoms. The number of nitrogens with one attached hydrogen (secondary N) is 1. The maximum Gasteiger partial charge on any atom is 0.0456 e. The smallest absolute Gasteiger partial charge is 0.0456 e. The first-order chi connectivity index (χ1) is 6.09. The predicted octanol–water partition coefficient (Wildman–Crippen LogP) is 3.47. The van der Waals surface area contributed by atoms with Crippen molar-refractivity contribution in [3.63, 3.8) is 0 Å². The molecule has 0 fully saturated rings. The first-order valence-electron chi connectivity index (χ1n) is 4.65. The minimum atomic E-state index is 0.222. The minimum Gasteiger partial charge on any atom is -0.361 e. The Morgan fingerprint density at radius 1 is 1.08 bits per heavy atom. The van der Waals surface area contributed by atoms with Crippen LogP contribution in [0.2, 0.25) is 0 Å². The van der Waals surface area contributed by atoms with Crippen molar-refractivity contribution in [2.75, 3.05) is 0 Å². The van der Waals surface area contributed by atoms with Gasteiger partial charge in [-0.15, -0.1) is 0 Å². The molecule has 0 aliphatic carbocycles. The molecule has 1 N–H and O–H groups in total. The number of rotatable bonds is 0. The zero-order valence-electron chi connectivity index (χ0n) is 8.39. The molecule has 2 rings (SSSR count). The normalized spacial score (nSPS) is 12.2. The Hall–Kier alpha value is -1.24. The molecule has 2 aromatic rings. The Bertz CT molecular complexity index is 418. The lowest BCUT2D eigenvalue weighted by Crippen LogP contribution is -2.09.